The topological polar surface area (TPSA) is 96.5 Å². The van der Waals surface area contributed by atoms with Crippen LogP contribution in [-0.2, 0) is 14.3 Å². The van der Waals surface area contributed by atoms with E-state index in [2.05, 4.69) is 39.7 Å². The molecule has 1 aliphatic rings. The number of hydrogen-bond donors (Lipinski definition) is 2. The van der Waals surface area contributed by atoms with E-state index in [1.165, 1.54) is 12.4 Å². The predicted molar refractivity (Wildman–Crippen MR) is 128 cm³/mol. The van der Waals surface area contributed by atoms with Gasteiger partial charge in [-0.15, -0.1) is 0 Å². The zero-order valence-corrected chi connectivity index (χ0v) is 18.7. The number of carbonyl (C=O) groups excluding carboxylic acids is 2. The number of benzene rings is 2. The minimum Gasteiger partial charge on any atom is -0.460 e. The molecule has 8 heteroatoms. The van der Waals surface area contributed by atoms with E-state index in [-0.39, 0.29) is 30.6 Å². The number of rotatable bonds is 7. The van der Waals surface area contributed by atoms with Crippen LogP contribution in [-0.4, -0.2) is 52.5 Å². The van der Waals surface area contributed by atoms with E-state index < -0.39 is 0 Å². The van der Waals surface area contributed by atoms with E-state index in [9.17, 15) is 9.59 Å². The number of fused-ring (bicyclic) bond motifs is 1. The van der Waals surface area contributed by atoms with Gasteiger partial charge in [-0.25, -0.2) is 9.97 Å². The zero-order valence-electron chi connectivity index (χ0n) is 18.7. The minimum atomic E-state index is -0.244. The Labute approximate surface area is 192 Å². The summed E-state index contributed by atoms with van der Waals surface area (Å²) in [6, 6.07) is 15.7. The number of amides is 1. The highest BCUT2D eigenvalue weighted by atomic mass is 16.5. The van der Waals surface area contributed by atoms with Crippen LogP contribution in [0, 0.1) is 0 Å². The number of cyclic esters (lactones) is 1. The van der Waals surface area contributed by atoms with Gasteiger partial charge in [0.25, 0.3) is 0 Å². The molecule has 2 heterocycles. The van der Waals surface area contributed by atoms with Gasteiger partial charge in [-0.2, -0.15) is 0 Å². The van der Waals surface area contributed by atoms with Crippen LogP contribution in [0.2, 0.25) is 0 Å². The van der Waals surface area contributed by atoms with Crippen molar-refractivity contribution in [2.24, 2.45) is 0 Å². The largest absolute Gasteiger partial charge is 0.460 e. The lowest BCUT2D eigenvalue weighted by Crippen LogP contribution is -2.44. The van der Waals surface area contributed by atoms with Crippen LogP contribution in [0.25, 0.3) is 10.9 Å². The lowest BCUT2D eigenvalue weighted by Gasteiger charge is -2.29. The molecule has 2 atom stereocenters. The summed E-state index contributed by atoms with van der Waals surface area (Å²) in [5.74, 6) is 0.219. The summed E-state index contributed by atoms with van der Waals surface area (Å²) in [5, 5.41) is 7.14. The molecule has 0 saturated carbocycles. The van der Waals surface area contributed by atoms with Crippen LogP contribution in [0.4, 0.5) is 11.5 Å². The van der Waals surface area contributed by atoms with Gasteiger partial charge in [0.1, 0.15) is 18.2 Å². The van der Waals surface area contributed by atoms with Crippen LogP contribution < -0.4 is 10.6 Å². The Morgan fingerprint density at radius 2 is 2.06 bits per heavy atom. The van der Waals surface area contributed by atoms with E-state index in [0.717, 1.165) is 16.5 Å². The number of morpholine rings is 1. The molecule has 0 unspecified atom stereocenters. The van der Waals surface area contributed by atoms with Gasteiger partial charge < -0.3 is 15.4 Å². The number of ether oxygens (including phenoxy) is 1. The van der Waals surface area contributed by atoms with Gasteiger partial charge in [0.05, 0.1) is 12.1 Å². The Balaban J connectivity index is 1.42. The van der Waals surface area contributed by atoms with Crippen LogP contribution >= 0.6 is 0 Å². The van der Waals surface area contributed by atoms with Crippen LogP contribution in [0.5, 0.6) is 0 Å². The van der Waals surface area contributed by atoms with Gasteiger partial charge in [0.2, 0.25) is 5.91 Å². The molecule has 33 heavy (non-hydrogen) atoms. The van der Waals surface area contributed by atoms with Crippen molar-refractivity contribution < 1.29 is 14.3 Å². The molecule has 2 aromatic carbocycles. The molecule has 1 fully saturated rings. The third-order valence-corrected chi connectivity index (χ3v) is 5.39. The molecule has 2 N–H and O–H groups in total. The molecular formula is C25H27N5O3. The molecule has 0 radical (unpaired) electrons. The van der Waals surface area contributed by atoms with Crippen LogP contribution in [0.1, 0.15) is 25.5 Å². The first-order valence-electron chi connectivity index (χ1n) is 10.9. The van der Waals surface area contributed by atoms with Gasteiger partial charge in [-0.3, -0.25) is 14.5 Å². The van der Waals surface area contributed by atoms with Crippen molar-refractivity contribution in [3.05, 3.63) is 72.6 Å². The zero-order chi connectivity index (χ0) is 23.2. The van der Waals surface area contributed by atoms with E-state index in [1.54, 1.807) is 6.08 Å². The molecule has 1 amide bonds. The molecule has 1 saturated heterocycles. The van der Waals surface area contributed by atoms with E-state index in [1.807, 2.05) is 48.2 Å². The molecule has 0 spiro atoms. The highest BCUT2D eigenvalue weighted by Gasteiger charge is 2.22. The number of nitrogens with zero attached hydrogens (tertiary/aromatic N) is 3. The van der Waals surface area contributed by atoms with Crippen molar-refractivity contribution in [3.63, 3.8) is 0 Å². The molecule has 170 valence electrons. The maximum atomic E-state index is 12.4. The van der Waals surface area contributed by atoms with Gasteiger partial charge in [0, 0.05) is 36.3 Å². The molecular weight excluding hydrogens is 418 g/mol. The monoisotopic (exact) mass is 445 g/mol. The van der Waals surface area contributed by atoms with Crippen molar-refractivity contribution in [2.45, 2.75) is 26.0 Å². The van der Waals surface area contributed by atoms with Crippen molar-refractivity contribution in [3.8, 4) is 0 Å². The van der Waals surface area contributed by atoms with E-state index in [4.69, 9.17) is 4.74 Å². The lowest BCUT2D eigenvalue weighted by atomic mass is 10.1. The van der Waals surface area contributed by atoms with Crippen molar-refractivity contribution in [1.29, 1.82) is 0 Å². The highest BCUT2D eigenvalue weighted by molar-refractivity contribution is 6.01. The summed E-state index contributed by atoms with van der Waals surface area (Å²) in [5.41, 5.74) is 2.58. The average molecular weight is 446 g/mol. The third-order valence-electron chi connectivity index (χ3n) is 5.39. The molecule has 3 aromatic rings. The fourth-order valence-corrected chi connectivity index (χ4v) is 3.82. The quantitative estimate of drug-likeness (QED) is 0.424. The fraction of sp³-hybridized carbons (Fsp3) is 0.280. The van der Waals surface area contributed by atoms with Gasteiger partial charge in [0.15, 0.2) is 0 Å². The number of hydrogen-bond acceptors (Lipinski definition) is 7. The summed E-state index contributed by atoms with van der Waals surface area (Å²) in [6.07, 6.45) is 4.62. The van der Waals surface area contributed by atoms with Crippen molar-refractivity contribution in [2.75, 3.05) is 30.3 Å². The van der Waals surface area contributed by atoms with Gasteiger partial charge in [-0.1, -0.05) is 36.4 Å². The second kappa shape index (κ2) is 10.2. The lowest BCUT2D eigenvalue weighted by molar-refractivity contribution is -0.156. The van der Waals surface area contributed by atoms with Crippen molar-refractivity contribution in [1.82, 2.24) is 14.9 Å². The molecule has 1 aliphatic heterocycles. The molecule has 0 aliphatic carbocycles. The predicted octanol–water partition coefficient (Wildman–Crippen LogP) is 3.54. The number of esters is 1. The maximum absolute atomic E-state index is 12.4. The minimum absolute atomic E-state index is 0.0558. The SMILES string of the molecule is C[C@@H]1CN(C/C=C/C(=O)Nc2ccc3ncnc(N[C@H](C)c4ccccc4)c3c2)CC(=O)O1. The molecule has 0 bridgehead atoms. The number of nitrogens with one attached hydrogen (secondary N) is 2. The van der Waals surface area contributed by atoms with E-state index in [0.29, 0.717) is 24.6 Å². The summed E-state index contributed by atoms with van der Waals surface area (Å²) >= 11 is 0. The second-order valence-corrected chi connectivity index (χ2v) is 8.12. The first-order chi connectivity index (χ1) is 16.0. The number of carbonyl (C=O) groups is 2. The maximum Gasteiger partial charge on any atom is 0.320 e. The Morgan fingerprint density at radius 1 is 1.24 bits per heavy atom. The Bertz CT molecular complexity index is 1170. The third kappa shape index (κ3) is 5.93. The summed E-state index contributed by atoms with van der Waals surface area (Å²) < 4.78 is 5.12. The summed E-state index contributed by atoms with van der Waals surface area (Å²) in [4.78, 5) is 34.6. The average Bonchev–Trinajstić information content (AvgIpc) is 2.79. The van der Waals surface area contributed by atoms with Gasteiger partial charge >= 0.3 is 5.97 Å². The molecule has 4 rings (SSSR count). The fourth-order valence-electron chi connectivity index (χ4n) is 3.82. The van der Waals surface area contributed by atoms with Crippen LogP contribution in [0.15, 0.2) is 67.0 Å². The normalized spacial score (nSPS) is 17.6. The molecule has 1 aromatic heterocycles. The van der Waals surface area contributed by atoms with E-state index >= 15 is 0 Å². The smallest absolute Gasteiger partial charge is 0.320 e. The first-order valence-corrected chi connectivity index (χ1v) is 10.9. The highest BCUT2D eigenvalue weighted by Crippen LogP contribution is 2.26. The molecule has 8 nitrogen and oxygen atoms in total. The Kier molecular flexibility index (Phi) is 6.95. The Morgan fingerprint density at radius 3 is 2.85 bits per heavy atom. The Hall–Kier alpha value is -3.78. The summed E-state index contributed by atoms with van der Waals surface area (Å²) in [7, 11) is 0. The number of aromatic nitrogens is 2. The van der Waals surface area contributed by atoms with Crippen LogP contribution in [0.3, 0.4) is 0 Å². The van der Waals surface area contributed by atoms with Gasteiger partial charge in [-0.05, 0) is 37.6 Å². The second-order valence-electron chi connectivity index (χ2n) is 8.12. The van der Waals surface area contributed by atoms with Crippen molar-refractivity contribution >= 4 is 34.3 Å². The first kappa shape index (κ1) is 22.4. The summed E-state index contributed by atoms with van der Waals surface area (Å²) in [6.45, 7) is 5.32. The number of anilines is 2. The standard InChI is InChI=1S/C25H27N5O3/c1-17-14-30(15-24(32)33-17)12-6-9-23(31)29-20-10-11-22-21(13-20)25(27-16-26-22)28-18(2)19-7-4-3-5-8-19/h3-11,13,16-18H,12,14-15H2,1-2H3,(H,29,31)(H,26,27,28)/b9-6+/t17-,18-/m1/s1.